The van der Waals surface area contributed by atoms with Crippen LogP contribution in [-0.2, 0) is 6.61 Å². The number of hydrogen-bond donors (Lipinski definition) is 1. The maximum absolute atomic E-state index is 13.7. The molecule has 100 valence electrons. The molecule has 0 spiro atoms. The van der Waals surface area contributed by atoms with Gasteiger partial charge in [-0.2, -0.15) is 0 Å². The van der Waals surface area contributed by atoms with Gasteiger partial charge in [0.2, 0.25) is 0 Å². The van der Waals surface area contributed by atoms with E-state index in [0.717, 1.165) is 5.75 Å². The van der Waals surface area contributed by atoms with Crippen LogP contribution in [0.1, 0.15) is 12.5 Å². The van der Waals surface area contributed by atoms with E-state index < -0.39 is 5.82 Å². The molecule has 2 N–H and O–H groups in total. The maximum atomic E-state index is 13.7. The van der Waals surface area contributed by atoms with E-state index in [2.05, 4.69) is 0 Å². The summed E-state index contributed by atoms with van der Waals surface area (Å²) in [4.78, 5) is 0. The molecule has 2 aromatic carbocycles. The van der Waals surface area contributed by atoms with Gasteiger partial charge in [0.05, 0.1) is 12.3 Å². The topological polar surface area (TPSA) is 44.5 Å². The lowest BCUT2D eigenvalue weighted by atomic mass is 10.2. The van der Waals surface area contributed by atoms with Gasteiger partial charge in [0.1, 0.15) is 18.1 Å². The third kappa shape index (κ3) is 3.37. The molecule has 0 aliphatic heterocycles. The van der Waals surface area contributed by atoms with Crippen LogP contribution in [0.25, 0.3) is 0 Å². The van der Waals surface area contributed by atoms with Crippen molar-refractivity contribution < 1.29 is 13.9 Å². The average molecular weight is 261 g/mol. The molecule has 0 saturated carbocycles. The summed E-state index contributed by atoms with van der Waals surface area (Å²) in [5.74, 6) is 0.935. The Hall–Kier alpha value is -2.23. The minimum absolute atomic E-state index is 0.129. The van der Waals surface area contributed by atoms with Crippen molar-refractivity contribution in [1.29, 1.82) is 0 Å². The zero-order valence-corrected chi connectivity index (χ0v) is 10.7. The van der Waals surface area contributed by atoms with Gasteiger partial charge in [-0.1, -0.05) is 18.2 Å². The van der Waals surface area contributed by atoms with Crippen molar-refractivity contribution in [3.8, 4) is 11.5 Å². The van der Waals surface area contributed by atoms with Crippen molar-refractivity contribution in [3.63, 3.8) is 0 Å². The predicted molar refractivity (Wildman–Crippen MR) is 72.8 cm³/mol. The first-order valence-corrected chi connectivity index (χ1v) is 6.09. The molecular weight excluding hydrogens is 245 g/mol. The van der Waals surface area contributed by atoms with Gasteiger partial charge in [-0.3, -0.25) is 0 Å². The zero-order chi connectivity index (χ0) is 13.7. The molecule has 0 fully saturated rings. The lowest BCUT2D eigenvalue weighted by molar-refractivity contribution is 0.294. The third-order valence-corrected chi connectivity index (χ3v) is 2.62. The largest absolute Gasteiger partial charge is 0.494 e. The minimum atomic E-state index is -0.427. The first kappa shape index (κ1) is 13.2. The Bertz CT molecular complexity index is 558. The first-order chi connectivity index (χ1) is 9.20. The second-order valence-corrected chi connectivity index (χ2v) is 4.02. The molecule has 0 aliphatic carbocycles. The van der Waals surface area contributed by atoms with Crippen LogP contribution >= 0.6 is 0 Å². The second-order valence-electron chi connectivity index (χ2n) is 4.02. The monoisotopic (exact) mass is 261 g/mol. The van der Waals surface area contributed by atoms with Gasteiger partial charge in [0, 0.05) is 11.6 Å². The highest BCUT2D eigenvalue weighted by molar-refractivity contribution is 5.43. The SMILES string of the molecule is CCOc1cccc(OCc2cccc(N)c2F)c1. The second kappa shape index (κ2) is 6.09. The summed E-state index contributed by atoms with van der Waals surface area (Å²) < 4.78 is 24.6. The fraction of sp³-hybridized carbons (Fsp3) is 0.200. The summed E-state index contributed by atoms with van der Waals surface area (Å²) in [6.07, 6.45) is 0. The van der Waals surface area contributed by atoms with Gasteiger partial charge >= 0.3 is 0 Å². The van der Waals surface area contributed by atoms with Crippen molar-refractivity contribution in [2.45, 2.75) is 13.5 Å². The smallest absolute Gasteiger partial charge is 0.152 e. The number of ether oxygens (including phenoxy) is 2. The van der Waals surface area contributed by atoms with Crippen LogP contribution in [0.3, 0.4) is 0 Å². The lowest BCUT2D eigenvalue weighted by Gasteiger charge is -2.09. The van der Waals surface area contributed by atoms with Crippen LogP contribution in [0.15, 0.2) is 42.5 Å². The quantitative estimate of drug-likeness (QED) is 0.839. The van der Waals surface area contributed by atoms with Crippen LogP contribution in [0.5, 0.6) is 11.5 Å². The van der Waals surface area contributed by atoms with Gasteiger partial charge in [-0.05, 0) is 25.1 Å². The van der Waals surface area contributed by atoms with Crippen molar-refractivity contribution in [3.05, 3.63) is 53.8 Å². The van der Waals surface area contributed by atoms with Gasteiger partial charge < -0.3 is 15.2 Å². The molecule has 2 aromatic rings. The minimum Gasteiger partial charge on any atom is -0.494 e. The van der Waals surface area contributed by atoms with Crippen molar-refractivity contribution in [2.24, 2.45) is 0 Å². The summed E-state index contributed by atoms with van der Waals surface area (Å²) >= 11 is 0. The fourth-order valence-electron chi connectivity index (χ4n) is 1.69. The zero-order valence-electron chi connectivity index (χ0n) is 10.7. The lowest BCUT2D eigenvalue weighted by Crippen LogP contribution is -2.01. The molecule has 3 nitrogen and oxygen atoms in total. The van der Waals surface area contributed by atoms with E-state index in [1.807, 2.05) is 19.1 Å². The van der Waals surface area contributed by atoms with Crippen LogP contribution in [-0.4, -0.2) is 6.61 Å². The Balaban J connectivity index is 2.06. The van der Waals surface area contributed by atoms with E-state index in [1.54, 1.807) is 24.3 Å². The number of rotatable bonds is 5. The van der Waals surface area contributed by atoms with Crippen molar-refractivity contribution in [2.75, 3.05) is 12.3 Å². The number of nitrogens with two attached hydrogens (primary N) is 1. The molecular formula is C15H16FNO2. The highest BCUT2D eigenvalue weighted by Gasteiger charge is 2.06. The van der Waals surface area contributed by atoms with Gasteiger partial charge in [-0.15, -0.1) is 0 Å². The molecule has 0 aromatic heterocycles. The van der Waals surface area contributed by atoms with E-state index in [4.69, 9.17) is 15.2 Å². The van der Waals surface area contributed by atoms with E-state index in [0.29, 0.717) is 17.9 Å². The van der Waals surface area contributed by atoms with E-state index in [1.165, 1.54) is 6.07 Å². The predicted octanol–water partition coefficient (Wildman–Crippen LogP) is 3.39. The molecule has 0 atom stereocenters. The van der Waals surface area contributed by atoms with E-state index >= 15 is 0 Å². The molecule has 0 bridgehead atoms. The number of benzene rings is 2. The van der Waals surface area contributed by atoms with Gasteiger partial charge in [0.25, 0.3) is 0 Å². The molecule has 0 aliphatic rings. The molecule has 0 heterocycles. The number of nitrogen functional groups attached to an aromatic ring is 1. The maximum Gasteiger partial charge on any atom is 0.152 e. The fourth-order valence-corrected chi connectivity index (χ4v) is 1.69. The van der Waals surface area contributed by atoms with E-state index in [9.17, 15) is 4.39 Å². The third-order valence-electron chi connectivity index (χ3n) is 2.62. The Morgan fingerprint density at radius 1 is 1.05 bits per heavy atom. The normalized spacial score (nSPS) is 10.2. The van der Waals surface area contributed by atoms with Crippen molar-refractivity contribution in [1.82, 2.24) is 0 Å². The summed E-state index contributed by atoms with van der Waals surface area (Å²) in [7, 11) is 0. The number of halogens is 1. The molecule has 0 amide bonds. The van der Waals surface area contributed by atoms with Crippen molar-refractivity contribution >= 4 is 5.69 Å². The highest BCUT2D eigenvalue weighted by atomic mass is 19.1. The molecule has 19 heavy (non-hydrogen) atoms. The molecule has 0 unspecified atom stereocenters. The van der Waals surface area contributed by atoms with Crippen LogP contribution in [0.4, 0.5) is 10.1 Å². The number of anilines is 1. The summed E-state index contributed by atoms with van der Waals surface area (Å²) in [5, 5.41) is 0. The highest BCUT2D eigenvalue weighted by Crippen LogP contribution is 2.22. The molecule has 0 radical (unpaired) electrons. The van der Waals surface area contributed by atoms with Gasteiger partial charge in [-0.25, -0.2) is 4.39 Å². The van der Waals surface area contributed by atoms with Gasteiger partial charge in [0.15, 0.2) is 5.82 Å². The van der Waals surface area contributed by atoms with Crippen LogP contribution in [0.2, 0.25) is 0 Å². The Morgan fingerprint density at radius 3 is 2.47 bits per heavy atom. The average Bonchev–Trinajstić information content (AvgIpc) is 2.41. The Kier molecular flexibility index (Phi) is 4.23. The summed E-state index contributed by atoms with van der Waals surface area (Å²) in [5.41, 5.74) is 6.06. The summed E-state index contributed by atoms with van der Waals surface area (Å²) in [6, 6.07) is 12.1. The van der Waals surface area contributed by atoms with E-state index in [-0.39, 0.29) is 12.3 Å². The summed E-state index contributed by atoms with van der Waals surface area (Å²) in [6.45, 7) is 2.63. The molecule has 0 saturated heterocycles. The first-order valence-electron chi connectivity index (χ1n) is 6.09. The Labute approximate surface area is 111 Å². The Morgan fingerprint density at radius 2 is 1.74 bits per heavy atom. The standard InChI is InChI=1S/C15H16FNO2/c1-2-18-12-6-4-7-13(9-12)19-10-11-5-3-8-14(17)15(11)16/h3-9H,2,10,17H2,1H3. The number of hydrogen-bond acceptors (Lipinski definition) is 3. The molecule has 4 heteroatoms. The molecule has 2 rings (SSSR count). The van der Waals surface area contributed by atoms with Crippen LogP contribution < -0.4 is 15.2 Å². The van der Waals surface area contributed by atoms with Crippen LogP contribution in [0, 0.1) is 5.82 Å².